The van der Waals surface area contributed by atoms with Crippen molar-refractivity contribution in [2.75, 3.05) is 11.9 Å². The third-order valence-corrected chi connectivity index (χ3v) is 3.38. The van der Waals surface area contributed by atoms with Gasteiger partial charge in [0, 0.05) is 5.69 Å². The minimum absolute atomic E-state index is 0.000370. The maximum atomic E-state index is 12.6. The predicted octanol–water partition coefficient (Wildman–Crippen LogP) is 3.54. The Kier molecular flexibility index (Phi) is 5.41. The van der Waals surface area contributed by atoms with Crippen LogP contribution in [0.2, 0.25) is 0 Å². The lowest BCUT2D eigenvalue weighted by molar-refractivity contribution is -0.147. The first-order valence-electron chi connectivity index (χ1n) is 7.14. The number of benzene rings is 1. The summed E-state index contributed by atoms with van der Waals surface area (Å²) in [6.07, 6.45) is 1.44. The fourth-order valence-electron chi connectivity index (χ4n) is 2.25. The number of hydrogen-bond acceptors (Lipinski definition) is 3. The summed E-state index contributed by atoms with van der Waals surface area (Å²) in [5.74, 6) is -1.05. The molecule has 23 heavy (non-hydrogen) atoms. The van der Waals surface area contributed by atoms with Crippen molar-refractivity contribution in [3.05, 3.63) is 42.0 Å². The van der Waals surface area contributed by atoms with Gasteiger partial charge < -0.3 is 10.1 Å². The molecule has 1 amide bonds. The standard InChI is InChI=1S/C16H16F3NO3/c17-16(18,19)12-6-3-7-13(9-12)20-14(21)10-23-15(22)8-11-4-1-2-5-11/h1,3-4,6-7,9,11H,2,5,8,10H2,(H,20,21)/t11-/m1/s1. The minimum Gasteiger partial charge on any atom is -0.456 e. The van der Waals surface area contributed by atoms with Crippen molar-refractivity contribution in [1.82, 2.24) is 0 Å². The van der Waals surface area contributed by atoms with Crippen LogP contribution in [0.1, 0.15) is 24.8 Å². The summed E-state index contributed by atoms with van der Waals surface area (Å²) in [5.41, 5.74) is -0.861. The van der Waals surface area contributed by atoms with Gasteiger partial charge in [-0.25, -0.2) is 0 Å². The van der Waals surface area contributed by atoms with Gasteiger partial charge in [-0.15, -0.1) is 0 Å². The van der Waals surface area contributed by atoms with Crippen LogP contribution in [0.3, 0.4) is 0 Å². The van der Waals surface area contributed by atoms with Crippen LogP contribution in [0.25, 0.3) is 0 Å². The molecule has 1 atom stereocenters. The van der Waals surface area contributed by atoms with E-state index in [1.807, 2.05) is 12.2 Å². The van der Waals surface area contributed by atoms with Crippen molar-refractivity contribution in [1.29, 1.82) is 0 Å². The Balaban J connectivity index is 1.80. The van der Waals surface area contributed by atoms with E-state index in [0.717, 1.165) is 25.0 Å². The molecule has 7 heteroatoms. The van der Waals surface area contributed by atoms with E-state index in [1.165, 1.54) is 12.1 Å². The molecule has 1 aliphatic carbocycles. The number of carbonyl (C=O) groups excluding carboxylic acids is 2. The van der Waals surface area contributed by atoms with Gasteiger partial charge in [-0.05, 0) is 37.0 Å². The van der Waals surface area contributed by atoms with Crippen LogP contribution in [0, 0.1) is 5.92 Å². The number of anilines is 1. The lowest BCUT2D eigenvalue weighted by atomic mass is 10.1. The summed E-state index contributed by atoms with van der Waals surface area (Å²) in [4.78, 5) is 23.2. The number of carbonyl (C=O) groups is 2. The Labute approximate surface area is 131 Å². The van der Waals surface area contributed by atoms with Gasteiger partial charge in [-0.1, -0.05) is 18.2 Å². The first kappa shape index (κ1) is 17.1. The number of rotatable bonds is 5. The second kappa shape index (κ2) is 7.30. The van der Waals surface area contributed by atoms with Crippen molar-refractivity contribution >= 4 is 17.6 Å². The van der Waals surface area contributed by atoms with E-state index in [2.05, 4.69) is 5.32 Å². The number of ether oxygens (including phenoxy) is 1. The highest BCUT2D eigenvalue weighted by molar-refractivity contribution is 5.92. The van der Waals surface area contributed by atoms with E-state index in [-0.39, 0.29) is 18.0 Å². The third-order valence-electron chi connectivity index (χ3n) is 3.38. The Bertz CT molecular complexity index is 611. The van der Waals surface area contributed by atoms with Gasteiger partial charge in [-0.2, -0.15) is 13.2 Å². The Morgan fingerprint density at radius 3 is 2.74 bits per heavy atom. The summed E-state index contributed by atoms with van der Waals surface area (Å²) in [7, 11) is 0. The second-order valence-corrected chi connectivity index (χ2v) is 5.26. The van der Waals surface area contributed by atoms with Crippen LogP contribution in [-0.2, 0) is 20.5 Å². The molecule has 1 aromatic carbocycles. The molecule has 0 aromatic heterocycles. The van der Waals surface area contributed by atoms with Gasteiger partial charge in [0.25, 0.3) is 5.91 Å². The largest absolute Gasteiger partial charge is 0.456 e. The van der Waals surface area contributed by atoms with Gasteiger partial charge in [0.15, 0.2) is 6.61 Å². The average Bonchev–Trinajstić information content (AvgIpc) is 2.97. The van der Waals surface area contributed by atoms with Gasteiger partial charge >= 0.3 is 12.1 Å². The van der Waals surface area contributed by atoms with Crippen molar-refractivity contribution in [2.24, 2.45) is 5.92 Å². The molecule has 0 aliphatic heterocycles. The van der Waals surface area contributed by atoms with Crippen molar-refractivity contribution in [2.45, 2.75) is 25.4 Å². The van der Waals surface area contributed by atoms with E-state index in [9.17, 15) is 22.8 Å². The van der Waals surface area contributed by atoms with Crippen LogP contribution >= 0.6 is 0 Å². The summed E-state index contributed by atoms with van der Waals surface area (Å²) < 4.78 is 42.5. The molecule has 0 bridgehead atoms. The number of hydrogen-bond donors (Lipinski definition) is 1. The van der Waals surface area contributed by atoms with Crippen LogP contribution in [0.4, 0.5) is 18.9 Å². The van der Waals surface area contributed by atoms with E-state index in [0.29, 0.717) is 0 Å². The number of allylic oxidation sites excluding steroid dienone is 2. The van der Waals surface area contributed by atoms with Gasteiger partial charge in [0.2, 0.25) is 0 Å². The zero-order chi connectivity index (χ0) is 16.9. The van der Waals surface area contributed by atoms with E-state index < -0.39 is 30.2 Å². The molecule has 124 valence electrons. The maximum absolute atomic E-state index is 12.6. The molecule has 0 radical (unpaired) electrons. The number of esters is 1. The smallest absolute Gasteiger partial charge is 0.416 e. The highest BCUT2D eigenvalue weighted by Crippen LogP contribution is 2.30. The van der Waals surface area contributed by atoms with Gasteiger partial charge in [0.05, 0.1) is 12.0 Å². The Morgan fingerprint density at radius 2 is 2.09 bits per heavy atom. The van der Waals surface area contributed by atoms with E-state index >= 15 is 0 Å². The van der Waals surface area contributed by atoms with Crippen molar-refractivity contribution in [3.63, 3.8) is 0 Å². The number of halogens is 3. The SMILES string of the molecule is O=C(COC(=O)C[C@@H]1C=CCC1)Nc1cccc(C(F)(F)F)c1. The molecule has 4 nitrogen and oxygen atoms in total. The minimum atomic E-state index is -4.48. The molecule has 0 heterocycles. The topological polar surface area (TPSA) is 55.4 Å². The third kappa shape index (κ3) is 5.43. The van der Waals surface area contributed by atoms with E-state index in [4.69, 9.17) is 4.74 Å². The molecule has 0 unspecified atom stereocenters. The first-order chi connectivity index (χ1) is 10.8. The monoisotopic (exact) mass is 327 g/mol. The molecule has 1 aromatic rings. The zero-order valence-electron chi connectivity index (χ0n) is 12.2. The maximum Gasteiger partial charge on any atom is 0.416 e. The first-order valence-corrected chi connectivity index (χ1v) is 7.14. The normalized spacial score (nSPS) is 17.1. The van der Waals surface area contributed by atoms with Crippen LogP contribution in [0.5, 0.6) is 0 Å². The molecule has 0 spiro atoms. The van der Waals surface area contributed by atoms with Gasteiger partial charge in [0.1, 0.15) is 0 Å². The number of nitrogens with one attached hydrogen (secondary N) is 1. The number of amides is 1. The lowest BCUT2D eigenvalue weighted by Gasteiger charge is -2.11. The molecule has 0 fully saturated rings. The predicted molar refractivity (Wildman–Crippen MR) is 77.5 cm³/mol. The Hall–Kier alpha value is -2.31. The summed E-state index contributed by atoms with van der Waals surface area (Å²) in [6.45, 7) is -0.522. The van der Waals surface area contributed by atoms with Crippen LogP contribution < -0.4 is 5.32 Å². The average molecular weight is 327 g/mol. The molecule has 1 aliphatic rings. The summed E-state index contributed by atoms with van der Waals surface area (Å²) >= 11 is 0. The van der Waals surface area contributed by atoms with Crippen molar-refractivity contribution < 1.29 is 27.5 Å². The molecule has 0 saturated carbocycles. The van der Waals surface area contributed by atoms with Gasteiger partial charge in [-0.3, -0.25) is 9.59 Å². The molecular weight excluding hydrogens is 311 g/mol. The second-order valence-electron chi connectivity index (χ2n) is 5.26. The molecule has 0 saturated heterocycles. The van der Waals surface area contributed by atoms with Crippen molar-refractivity contribution in [3.8, 4) is 0 Å². The molecule has 2 rings (SSSR count). The molecular formula is C16H16F3NO3. The summed E-state index contributed by atoms with van der Waals surface area (Å²) in [5, 5.41) is 2.27. The zero-order valence-corrected chi connectivity index (χ0v) is 12.2. The molecule has 1 N–H and O–H groups in total. The summed E-state index contributed by atoms with van der Waals surface area (Å²) in [6, 6.07) is 4.25. The van der Waals surface area contributed by atoms with E-state index in [1.54, 1.807) is 0 Å². The fraction of sp³-hybridized carbons (Fsp3) is 0.375. The van der Waals surface area contributed by atoms with Crippen LogP contribution in [-0.4, -0.2) is 18.5 Å². The highest BCUT2D eigenvalue weighted by Gasteiger charge is 2.30. The number of alkyl halides is 3. The lowest BCUT2D eigenvalue weighted by Crippen LogP contribution is -2.21. The Morgan fingerprint density at radius 1 is 1.30 bits per heavy atom. The quantitative estimate of drug-likeness (QED) is 0.665. The fourth-order valence-corrected chi connectivity index (χ4v) is 2.25. The van der Waals surface area contributed by atoms with Crippen LogP contribution in [0.15, 0.2) is 36.4 Å². The highest BCUT2D eigenvalue weighted by atomic mass is 19.4.